The summed E-state index contributed by atoms with van der Waals surface area (Å²) in [5, 5.41) is 10.1. The summed E-state index contributed by atoms with van der Waals surface area (Å²) in [5.41, 5.74) is 3.86. The molecule has 0 aromatic heterocycles. The van der Waals surface area contributed by atoms with E-state index < -0.39 is 5.97 Å². The number of hydrogen-bond donors (Lipinski definition) is 1. The molecule has 1 aromatic carbocycles. The van der Waals surface area contributed by atoms with Gasteiger partial charge in [0, 0.05) is 0 Å². The van der Waals surface area contributed by atoms with Crippen molar-refractivity contribution in [1.29, 1.82) is 0 Å². The molecule has 0 bridgehead atoms. The highest BCUT2D eigenvalue weighted by Crippen LogP contribution is 1.94. The van der Waals surface area contributed by atoms with Gasteiger partial charge in [0.15, 0.2) is 0 Å². The Morgan fingerprint density at radius 2 is 1.69 bits per heavy atom. The number of carbonyl (C=O) groups is 1. The molecule has 0 spiro atoms. The third kappa shape index (κ3) is 7.03. The number of rotatable bonds is 1. The molecule has 0 aliphatic heterocycles. The Hall–Kier alpha value is -1.35. The Morgan fingerprint density at radius 1 is 1.31 bits per heavy atom. The first-order chi connectivity index (χ1) is 6.04. The lowest BCUT2D eigenvalue weighted by molar-refractivity contribution is -0.407. The van der Waals surface area contributed by atoms with Gasteiger partial charge in [-0.3, -0.25) is 0 Å². The van der Waals surface area contributed by atoms with Crippen molar-refractivity contribution >= 4 is 5.97 Å². The van der Waals surface area contributed by atoms with Gasteiger partial charge >= 0.3 is 0 Å². The molecule has 0 atom stereocenters. The summed E-state index contributed by atoms with van der Waals surface area (Å²) in [6.45, 7) is 4.11. The summed E-state index contributed by atoms with van der Waals surface area (Å²) in [6, 6.07) is 8.65. The van der Waals surface area contributed by atoms with Crippen molar-refractivity contribution in [2.24, 2.45) is 0 Å². The Labute approximate surface area is 78.2 Å². The minimum Gasteiger partial charge on any atom is -0.545 e. The van der Waals surface area contributed by atoms with Gasteiger partial charge in [-0.15, -0.1) is 0 Å². The number of hydrogen-bond acceptors (Lipinski definition) is 2. The van der Waals surface area contributed by atoms with Crippen molar-refractivity contribution in [3.63, 3.8) is 0 Å². The zero-order chi connectivity index (χ0) is 10.3. The molecule has 0 fully saturated rings. The molecular formula is C10H15NO2. The Morgan fingerprint density at radius 3 is 1.92 bits per heavy atom. The summed E-state index contributed by atoms with van der Waals surface area (Å²) in [7, 11) is 0. The van der Waals surface area contributed by atoms with E-state index in [1.165, 1.54) is 12.1 Å². The summed E-state index contributed by atoms with van der Waals surface area (Å²) in [6.07, 6.45) is 0. The Balaban J connectivity index is 0.000000310. The van der Waals surface area contributed by atoms with E-state index in [0.717, 1.165) is 0 Å². The summed E-state index contributed by atoms with van der Waals surface area (Å²) < 4.78 is 0. The molecule has 0 amide bonds. The number of aromatic carboxylic acids is 1. The fourth-order valence-corrected chi connectivity index (χ4v) is 0.574. The van der Waals surface area contributed by atoms with E-state index >= 15 is 0 Å². The minimum absolute atomic E-state index is 0.220. The largest absolute Gasteiger partial charge is 0.545 e. The lowest BCUT2D eigenvalue weighted by Gasteiger charge is -1.97. The maximum atomic E-state index is 10.1. The van der Waals surface area contributed by atoms with Gasteiger partial charge in [-0.25, -0.2) is 0 Å². The standard InChI is InChI=1S/C7H6O2.C3H9N/c8-7(9)6-4-2-1-3-5-6;1-3(2)4/h1-5H,(H,8,9);3H,4H2,1-2H3. The lowest BCUT2D eigenvalue weighted by atomic mass is 10.2. The van der Waals surface area contributed by atoms with Crippen LogP contribution in [0.3, 0.4) is 0 Å². The highest BCUT2D eigenvalue weighted by Gasteiger charge is 1.85. The number of carboxylic acid groups (broad SMARTS) is 1. The van der Waals surface area contributed by atoms with Crippen LogP contribution in [-0.4, -0.2) is 12.0 Å². The second-order valence-corrected chi connectivity index (χ2v) is 3.05. The second-order valence-electron chi connectivity index (χ2n) is 3.05. The van der Waals surface area contributed by atoms with Crippen LogP contribution in [0.25, 0.3) is 0 Å². The van der Waals surface area contributed by atoms with Crippen molar-refractivity contribution in [3.8, 4) is 0 Å². The predicted molar refractivity (Wildman–Crippen MR) is 48.8 cm³/mol. The van der Waals surface area contributed by atoms with E-state index in [2.05, 4.69) is 19.6 Å². The fourth-order valence-electron chi connectivity index (χ4n) is 0.574. The third-order valence-corrected chi connectivity index (χ3v) is 1.01. The van der Waals surface area contributed by atoms with Crippen LogP contribution in [-0.2, 0) is 0 Å². The van der Waals surface area contributed by atoms with E-state index in [0.29, 0.717) is 6.04 Å². The normalized spacial score (nSPS) is 8.92. The first-order valence-corrected chi connectivity index (χ1v) is 4.13. The second kappa shape index (κ2) is 6.20. The van der Waals surface area contributed by atoms with Gasteiger partial charge in [-0.2, -0.15) is 0 Å². The Bertz CT molecular complexity index is 242. The molecule has 0 unspecified atom stereocenters. The number of quaternary nitrogens is 1. The molecule has 1 rings (SSSR count). The average Bonchev–Trinajstić information content (AvgIpc) is 2.05. The minimum atomic E-state index is -1.13. The molecule has 0 saturated carbocycles. The predicted octanol–water partition coefficient (Wildman–Crippen LogP) is -0.313. The van der Waals surface area contributed by atoms with E-state index in [1.54, 1.807) is 18.2 Å². The maximum Gasteiger partial charge on any atom is 0.0786 e. The number of benzene rings is 1. The van der Waals surface area contributed by atoms with Crippen molar-refractivity contribution < 1.29 is 15.6 Å². The molecule has 0 aliphatic rings. The maximum absolute atomic E-state index is 10.1. The molecule has 0 heterocycles. The van der Waals surface area contributed by atoms with Crippen molar-refractivity contribution in [1.82, 2.24) is 0 Å². The molecule has 1 aromatic rings. The Kier molecular flexibility index (Phi) is 5.55. The monoisotopic (exact) mass is 181 g/mol. The number of carbonyl (C=O) groups excluding carboxylic acids is 1. The van der Waals surface area contributed by atoms with Crippen molar-refractivity contribution in [2.45, 2.75) is 19.9 Å². The van der Waals surface area contributed by atoms with Crippen LogP contribution in [0, 0.1) is 0 Å². The molecule has 3 heteroatoms. The fraction of sp³-hybridized carbons (Fsp3) is 0.300. The lowest BCUT2D eigenvalue weighted by Crippen LogP contribution is -2.57. The highest BCUT2D eigenvalue weighted by molar-refractivity contribution is 5.85. The van der Waals surface area contributed by atoms with Gasteiger partial charge in [0.2, 0.25) is 0 Å². The van der Waals surface area contributed by atoms with Crippen LogP contribution < -0.4 is 10.8 Å². The van der Waals surface area contributed by atoms with Gasteiger partial charge in [0.25, 0.3) is 0 Å². The van der Waals surface area contributed by atoms with Crippen LogP contribution in [0.15, 0.2) is 30.3 Å². The molecule has 72 valence electrons. The van der Waals surface area contributed by atoms with Crippen molar-refractivity contribution in [2.75, 3.05) is 0 Å². The van der Waals surface area contributed by atoms with Crippen molar-refractivity contribution in [3.05, 3.63) is 35.9 Å². The van der Waals surface area contributed by atoms with Crippen LogP contribution in [0.4, 0.5) is 0 Å². The number of carboxylic acids is 1. The van der Waals surface area contributed by atoms with Crippen LogP contribution in [0.5, 0.6) is 0 Å². The van der Waals surface area contributed by atoms with E-state index in [-0.39, 0.29) is 5.56 Å². The van der Waals surface area contributed by atoms with Crippen LogP contribution in [0.2, 0.25) is 0 Å². The van der Waals surface area contributed by atoms with E-state index in [9.17, 15) is 9.90 Å². The first kappa shape index (κ1) is 11.6. The van der Waals surface area contributed by atoms with Crippen LogP contribution in [0.1, 0.15) is 24.2 Å². The molecule has 0 saturated heterocycles. The molecular weight excluding hydrogens is 166 g/mol. The molecule has 0 aliphatic carbocycles. The highest BCUT2D eigenvalue weighted by atomic mass is 16.4. The third-order valence-electron chi connectivity index (χ3n) is 1.01. The van der Waals surface area contributed by atoms with Gasteiger partial charge in [0.05, 0.1) is 12.0 Å². The van der Waals surface area contributed by atoms with Crippen LogP contribution >= 0.6 is 0 Å². The van der Waals surface area contributed by atoms with Gasteiger partial charge in [0.1, 0.15) is 0 Å². The summed E-state index contributed by atoms with van der Waals surface area (Å²) in [4.78, 5) is 10.1. The SMILES string of the molecule is CC(C)[NH3+].O=C([O-])c1ccccc1. The summed E-state index contributed by atoms with van der Waals surface area (Å²) in [5.74, 6) is -1.13. The average molecular weight is 181 g/mol. The van der Waals surface area contributed by atoms with E-state index in [1.807, 2.05) is 0 Å². The zero-order valence-electron chi connectivity index (χ0n) is 7.99. The van der Waals surface area contributed by atoms with Gasteiger partial charge in [-0.05, 0) is 19.4 Å². The topological polar surface area (TPSA) is 67.8 Å². The molecule has 13 heavy (non-hydrogen) atoms. The van der Waals surface area contributed by atoms with Gasteiger partial charge in [-0.1, -0.05) is 30.3 Å². The van der Waals surface area contributed by atoms with Gasteiger partial charge < -0.3 is 15.6 Å². The first-order valence-electron chi connectivity index (χ1n) is 4.13. The molecule has 0 radical (unpaired) electrons. The molecule has 3 N–H and O–H groups in total. The summed E-state index contributed by atoms with van der Waals surface area (Å²) >= 11 is 0. The van der Waals surface area contributed by atoms with E-state index in [4.69, 9.17) is 0 Å². The molecule has 3 nitrogen and oxygen atoms in total. The quantitative estimate of drug-likeness (QED) is 0.645. The smallest absolute Gasteiger partial charge is 0.0786 e. The zero-order valence-corrected chi connectivity index (χ0v) is 7.99.